The summed E-state index contributed by atoms with van der Waals surface area (Å²) in [5.74, 6) is 0.361. The van der Waals surface area contributed by atoms with E-state index in [2.05, 4.69) is 89.6 Å². The average molecular weight is 494 g/mol. The summed E-state index contributed by atoms with van der Waals surface area (Å²) in [5, 5.41) is 0.126. The number of anilines is 1. The summed E-state index contributed by atoms with van der Waals surface area (Å²) >= 11 is 0. The number of nitrogens with two attached hydrogens (primary N) is 1. The summed E-state index contributed by atoms with van der Waals surface area (Å²) in [6.07, 6.45) is 3.09. The molecule has 186 valence electrons. The molecule has 3 heterocycles. The Morgan fingerprint density at radius 1 is 0.939 bits per heavy atom. The van der Waals surface area contributed by atoms with Crippen LogP contribution in [0.3, 0.4) is 0 Å². The fourth-order valence-corrected chi connectivity index (χ4v) is 6.22. The van der Waals surface area contributed by atoms with E-state index in [9.17, 15) is 0 Å². The van der Waals surface area contributed by atoms with Gasteiger partial charge in [-0.05, 0) is 42.7 Å². The molecular weight excluding hydrogens is 450 g/mol. The predicted octanol–water partition coefficient (Wildman–Crippen LogP) is 5.50. The van der Waals surface area contributed by atoms with Gasteiger partial charge in [0.25, 0.3) is 0 Å². The van der Waals surface area contributed by atoms with Crippen molar-refractivity contribution >= 4 is 33.6 Å². The maximum absolute atomic E-state index is 7.07. The van der Waals surface area contributed by atoms with Gasteiger partial charge >= 0.3 is 0 Å². The third-order valence-corrected chi connectivity index (χ3v) is 16.8. The largest absolute Gasteiger partial charge is 0.408 e. The van der Waals surface area contributed by atoms with Gasteiger partial charge in [-0.15, -0.1) is 0 Å². The lowest BCUT2D eigenvalue weighted by molar-refractivity contribution is -0.0324. The van der Waals surface area contributed by atoms with Gasteiger partial charge in [-0.2, -0.15) is 0 Å². The van der Waals surface area contributed by atoms with Gasteiger partial charge in [0, 0.05) is 0 Å². The number of rotatable bonds is 6. The molecule has 0 radical (unpaired) electrons. The number of fused-ring (bicyclic) bond motifs is 1. The zero-order valence-corrected chi connectivity index (χ0v) is 24.3. The van der Waals surface area contributed by atoms with Crippen molar-refractivity contribution in [3.8, 4) is 0 Å². The van der Waals surface area contributed by atoms with E-state index in [0.29, 0.717) is 17.0 Å². The van der Waals surface area contributed by atoms with Crippen molar-refractivity contribution in [1.82, 2.24) is 19.5 Å². The lowest BCUT2D eigenvalue weighted by atomic mass is 10.1. The van der Waals surface area contributed by atoms with Crippen LogP contribution in [0.15, 0.2) is 12.7 Å². The molecule has 2 N–H and O–H groups in total. The molecule has 0 bridgehead atoms. The Kier molecular flexibility index (Phi) is 6.93. The van der Waals surface area contributed by atoms with Crippen molar-refractivity contribution in [2.24, 2.45) is 0 Å². The zero-order chi connectivity index (χ0) is 25.0. The summed E-state index contributed by atoms with van der Waals surface area (Å²) < 4.78 is 22.7. The first-order valence-corrected chi connectivity index (χ1v) is 17.8. The molecule has 4 atom stereocenters. The maximum atomic E-state index is 7.07. The van der Waals surface area contributed by atoms with Crippen LogP contribution in [-0.4, -0.2) is 54.5 Å². The Morgan fingerprint density at radius 3 is 2.00 bits per heavy atom. The number of aromatic nitrogens is 4. The van der Waals surface area contributed by atoms with Crippen molar-refractivity contribution in [2.75, 3.05) is 5.73 Å². The second-order valence-corrected chi connectivity index (χ2v) is 21.8. The summed E-state index contributed by atoms with van der Waals surface area (Å²) in [7, 11) is -4.23. The molecule has 33 heavy (non-hydrogen) atoms. The van der Waals surface area contributed by atoms with E-state index in [1.54, 1.807) is 6.33 Å². The van der Waals surface area contributed by atoms with Crippen LogP contribution in [0.25, 0.3) is 11.2 Å². The van der Waals surface area contributed by atoms with Gasteiger partial charge in [-0.25, -0.2) is 15.0 Å². The van der Waals surface area contributed by atoms with E-state index < -0.39 is 22.9 Å². The van der Waals surface area contributed by atoms with Crippen LogP contribution in [0.1, 0.15) is 61.1 Å². The maximum Gasteiger partial charge on any atom is 0.192 e. The van der Waals surface area contributed by atoms with E-state index in [0.717, 1.165) is 6.42 Å². The highest BCUT2D eigenvalue weighted by molar-refractivity contribution is 6.74. The second kappa shape index (κ2) is 8.71. The minimum atomic E-state index is -2.14. The fraction of sp³-hybridized carbons (Fsp3) is 0.783. The molecule has 8 nitrogen and oxygen atoms in total. The standard InChI is InChI=1S/C23H43N5O3Si2/c1-12-15-17(30-32(8,9)22(2,3)4)18(31-33(10,11)23(5,6)7)21(29-15)28-14-27-16-19(24)25-13-26-20(16)28/h13-15,17-18,21H,12H2,1-11H3,(H2,24,25,26)/t15-,17-,18-,21-/m1/s1. The lowest BCUT2D eigenvalue weighted by Gasteiger charge is -2.44. The first-order chi connectivity index (χ1) is 15.0. The molecule has 1 aliphatic rings. The minimum absolute atomic E-state index is 0.0486. The van der Waals surface area contributed by atoms with Gasteiger partial charge in [0.1, 0.15) is 24.1 Å². The summed E-state index contributed by atoms with van der Waals surface area (Å²) in [5.41, 5.74) is 7.29. The van der Waals surface area contributed by atoms with E-state index in [4.69, 9.17) is 19.3 Å². The van der Waals surface area contributed by atoms with Crippen molar-refractivity contribution in [1.29, 1.82) is 0 Å². The minimum Gasteiger partial charge on any atom is -0.408 e. The van der Waals surface area contributed by atoms with Crippen LogP contribution in [0.4, 0.5) is 5.82 Å². The molecule has 0 saturated carbocycles. The molecule has 1 aliphatic heterocycles. The van der Waals surface area contributed by atoms with Gasteiger partial charge in [-0.1, -0.05) is 48.5 Å². The van der Waals surface area contributed by atoms with E-state index in [-0.39, 0.29) is 28.4 Å². The first kappa shape index (κ1) is 26.3. The Labute approximate surface area is 200 Å². The number of imidazole rings is 1. The lowest BCUT2D eigenvalue weighted by Crippen LogP contribution is -2.53. The molecule has 0 spiro atoms. The van der Waals surface area contributed by atoms with Gasteiger partial charge in [0.05, 0.1) is 12.4 Å². The predicted molar refractivity (Wildman–Crippen MR) is 138 cm³/mol. The molecule has 0 aliphatic carbocycles. The molecule has 2 aromatic rings. The van der Waals surface area contributed by atoms with Crippen molar-refractivity contribution in [3.05, 3.63) is 12.7 Å². The van der Waals surface area contributed by atoms with Crippen LogP contribution in [0.5, 0.6) is 0 Å². The molecule has 1 saturated heterocycles. The third-order valence-electron chi connectivity index (χ3n) is 7.82. The normalized spacial score (nSPS) is 25.2. The fourth-order valence-electron chi connectivity index (χ4n) is 3.62. The topological polar surface area (TPSA) is 97.3 Å². The van der Waals surface area contributed by atoms with Crippen LogP contribution in [0.2, 0.25) is 36.3 Å². The third kappa shape index (κ3) is 4.91. The Bertz CT molecular complexity index is 981. The SMILES string of the molecule is CC[C@H]1O[C@@H](n2cnc3c(N)ncnc32)[C@H](O[Si](C)(C)C(C)(C)C)[C@@H]1O[Si](C)(C)C(C)(C)C. The van der Waals surface area contributed by atoms with Gasteiger partial charge in [0.2, 0.25) is 0 Å². The number of hydrogen-bond acceptors (Lipinski definition) is 7. The van der Waals surface area contributed by atoms with Gasteiger partial charge < -0.3 is 19.3 Å². The monoisotopic (exact) mass is 493 g/mol. The molecular formula is C23H43N5O3Si2. The Morgan fingerprint density at radius 2 is 1.48 bits per heavy atom. The molecule has 0 amide bonds. The summed E-state index contributed by atoms with van der Waals surface area (Å²) in [6, 6.07) is 0. The molecule has 0 aromatic carbocycles. The number of hydrogen-bond donors (Lipinski definition) is 1. The summed E-state index contributed by atoms with van der Waals surface area (Å²) in [6.45, 7) is 24.8. The Balaban J connectivity index is 2.10. The van der Waals surface area contributed by atoms with Crippen LogP contribution in [-0.2, 0) is 13.6 Å². The van der Waals surface area contributed by atoms with Crippen LogP contribution < -0.4 is 5.73 Å². The van der Waals surface area contributed by atoms with Gasteiger partial charge in [0.15, 0.2) is 34.3 Å². The zero-order valence-electron chi connectivity index (χ0n) is 22.3. The number of nitrogens with zero attached hydrogens (tertiary/aromatic N) is 4. The Hall–Kier alpha value is -1.34. The molecule has 3 rings (SSSR count). The summed E-state index contributed by atoms with van der Waals surface area (Å²) in [4.78, 5) is 13.0. The quantitative estimate of drug-likeness (QED) is 0.531. The van der Waals surface area contributed by atoms with Crippen molar-refractivity contribution < 1.29 is 13.6 Å². The molecule has 10 heteroatoms. The second-order valence-electron chi connectivity index (χ2n) is 12.2. The highest BCUT2D eigenvalue weighted by atomic mass is 28.4. The van der Waals surface area contributed by atoms with E-state index >= 15 is 0 Å². The van der Waals surface area contributed by atoms with E-state index in [1.807, 2.05) is 4.57 Å². The molecule has 0 unspecified atom stereocenters. The molecule has 2 aromatic heterocycles. The van der Waals surface area contributed by atoms with E-state index in [1.165, 1.54) is 6.33 Å². The highest BCUT2D eigenvalue weighted by Crippen LogP contribution is 2.46. The smallest absolute Gasteiger partial charge is 0.192 e. The van der Waals surface area contributed by atoms with Gasteiger partial charge in [-0.3, -0.25) is 4.57 Å². The van der Waals surface area contributed by atoms with Crippen LogP contribution in [0, 0.1) is 0 Å². The van der Waals surface area contributed by atoms with Crippen LogP contribution >= 0.6 is 0 Å². The molecule has 1 fully saturated rings. The first-order valence-electron chi connectivity index (χ1n) is 11.9. The number of ether oxygens (including phenoxy) is 1. The van der Waals surface area contributed by atoms with Crippen molar-refractivity contribution in [3.63, 3.8) is 0 Å². The average Bonchev–Trinajstić information content (AvgIpc) is 3.22. The van der Waals surface area contributed by atoms with Crippen molar-refractivity contribution in [2.45, 2.75) is 116 Å². The number of nitrogen functional groups attached to an aromatic ring is 1. The highest BCUT2D eigenvalue weighted by Gasteiger charge is 2.54.